The molecule has 374 valence electrons. The number of benzene rings is 4. The third-order valence-corrected chi connectivity index (χ3v) is 11.6. The first kappa shape index (κ1) is 64.9. The Morgan fingerprint density at radius 3 is 0.970 bits per heavy atom. The highest BCUT2D eigenvalue weighted by Gasteiger charge is 2.57. The maximum absolute atomic E-state index is 12.8. The van der Waals surface area contributed by atoms with Gasteiger partial charge in [-0.05, 0) is 168 Å². The summed E-state index contributed by atoms with van der Waals surface area (Å²) in [5, 5.41) is 18.3. The van der Waals surface area contributed by atoms with Crippen LogP contribution in [0.5, 0.6) is 17.2 Å². The van der Waals surface area contributed by atoms with Gasteiger partial charge in [0.1, 0.15) is 28.9 Å². The zero-order valence-electron chi connectivity index (χ0n) is 36.4. The molecule has 0 amide bonds. The molecular weight excluding hydrogens is 1170 g/mol. The van der Waals surface area contributed by atoms with Crippen molar-refractivity contribution in [3.63, 3.8) is 0 Å². The number of halogens is 14. The lowest BCUT2D eigenvalue weighted by Gasteiger charge is -2.12. The molecule has 4 aromatic rings. The quantitative estimate of drug-likeness (QED) is 0.0871. The molecule has 2 N–H and O–H groups in total. The molecule has 0 saturated heterocycles. The van der Waals surface area contributed by atoms with Gasteiger partial charge in [-0.25, -0.2) is 8.78 Å². The van der Waals surface area contributed by atoms with Crippen LogP contribution in [-0.2, 0) is 34.0 Å². The van der Waals surface area contributed by atoms with E-state index in [9.17, 15) is 78.7 Å². The molecule has 0 aliphatic heterocycles. The lowest BCUT2D eigenvalue weighted by molar-refractivity contribution is -0.0586. The molecule has 10 nitrogen and oxygen atoms in total. The molecule has 28 heteroatoms. The molecule has 0 aromatic heterocycles. The highest BCUT2D eigenvalue weighted by molar-refractivity contribution is 9.69. The number of phenolic OH excluding ortho intramolecular Hbond substituents is 2. The van der Waals surface area contributed by atoms with Gasteiger partial charge in [0.2, 0.25) is 0 Å². The molecule has 0 spiro atoms. The smallest absolute Gasteiger partial charge is 0.508 e. The Hall–Kier alpha value is -3.18. The fourth-order valence-electron chi connectivity index (χ4n) is 4.02. The highest BCUT2D eigenvalue weighted by Crippen LogP contribution is 2.33. The average molecular weight is 1220 g/mol. The van der Waals surface area contributed by atoms with Crippen molar-refractivity contribution in [2.45, 2.75) is 92.7 Å². The van der Waals surface area contributed by atoms with Crippen LogP contribution in [0.2, 0.25) is 0 Å². The van der Waals surface area contributed by atoms with Crippen molar-refractivity contribution in [3.05, 3.63) is 121 Å². The van der Waals surface area contributed by atoms with Gasteiger partial charge < -0.3 is 14.4 Å². The highest BCUT2D eigenvalue weighted by atomic mass is 79.9. The largest absolute Gasteiger partial charge is 0.534 e. The van der Waals surface area contributed by atoms with E-state index in [1.54, 1.807) is 52.8 Å². The molecule has 0 bridgehead atoms. The molecule has 0 radical (unpaired) electrons. The third kappa shape index (κ3) is 22.3. The summed E-state index contributed by atoms with van der Waals surface area (Å²) in [5.74, 6) is -0.133. The maximum Gasteiger partial charge on any atom is 0.534 e. The molecular formula is C38H43BBr3F11O10S3. The minimum Gasteiger partial charge on any atom is -0.508 e. The fraction of sp³-hybridized carbons (Fsp3) is 0.368. The number of phenols is 2. The van der Waals surface area contributed by atoms with Gasteiger partial charge in [-0.1, -0.05) is 18.2 Å². The Bertz CT molecular complexity index is 2280. The average Bonchev–Trinajstić information content (AvgIpc) is 3.10. The lowest BCUT2D eigenvalue weighted by Crippen LogP contribution is -2.34. The molecule has 0 aliphatic rings. The molecule has 0 saturated carbocycles. The minimum absolute atomic E-state index is 0.108. The fourth-order valence-corrected chi connectivity index (χ4v) is 6.09. The van der Waals surface area contributed by atoms with E-state index in [1.165, 1.54) is 30.7 Å². The van der Waals surface area contributed by atoms with Crippen LogP contribution in [0.3, 0.4) is 0 Å². The predicted octanol–water partition coefficient (Wildman–Crippen LogP) is 12.9. The van der Waals surface area contributed by atoms with Crippen molar-refractivity contribution < 1.29 is 91.6 Å². The van der Waals surface area contributed by atoms with Crippen molar-refractivity contribution in [3.8, 4) is 17.2 Å². The van der Waals surface area contributed by atoms with Crippen LogP contribution in [0.15, 0.2) is 48.5 Å². The summed E-state index contributed by atoms with van der Waals surface area (Å²) in [6.07, 6.45) is 0. The van der Waals surface area contributed by atoms with E-state index in [0.29, 0.717) is 28.0 Å². The Kier molecular flexibility index (Phi) is 25.6. The van der Waals surface area contributed by atoms with Crippen molar-refractivity contribution in [1.29, 1.82) is 0 Å². The standard InChI is InChI=1S/C10H11F3O3S.C9H11F.C9H12O.C8H9FO.C2F6O5S2.BBr3/c1-6-4-8(3)9(5-7(6)2)16-17(14,15)10(11,12)13;2*1-6-4-8(3)9(10)5-7(6)2;1-5-4-8(10)6(2)3-7(5)9;3-1(4,5)14(9,10)13-15(11,12)2(6,7)8;2-1(3)4/h4-5H,1-3H3;4-5H,1-3H3;4-5,10H,1-3H3;3-4,10H,1-2H3;;. The van der Waals surface area contributed by atoms with Crippen LogP contribution < -0.4 is 4.18 Å². The van der Waals surface area contributed by atoms with Crippen LogP contribution in [-0.4, -0.2) is 55.2 Å². The number of alkyl halides is 9. The van der Waals surface area contributed by atoms with Crippen LogP contribution in [0, 0.1) is 87.8 Å². The van der Waals surface area contributed by atoms with Crippen molar-refractivity contribution in [2.75, 3.05) is 0 Å². The van der Waals surface area contributed by atoms with Crippen molar-refractivity contribution in [1.82, 2.24) is 0 Å². The van der Waals surface area contributed by atoms with E-state index in [2.05, 4.69) is 51.5 Å². The summed E-state index contributed by atoms with van der Waals surface area (Å²) in [7, 11) is -19.3. The van der Waals surface area contributed by atoms with Gasteiger partial charge in [-0.3, -0.25) is 0 Å². The maximum atomic E-state index is 12.8. The molecule has 0 unspecified atom stereocenters. The predicted molar refractivity (Wildman–Crippen MR) is 240 cm³/mol. The Labute approximate surface area is 401 Å². The summed E-state index contributed by atoms with van der Waals surface area (Å²) in [5.41, 5.74) is -8.84. The summed E-state index contributed by atoms with van der Waals surface area (Å²) in [6.45, 7) is 19.8. The van der Waals surface area contributed by atoms with E-state index >= 15 is 0 Å². The Morgan fingerprint density at radius 2 is 0.652 bits per heavy atom. The van der Waals surface area contributed by atoms with Gasteiger partial charge >= 0.3 is 50.1 Å². The van der Waals surface area contributed by atoms with Crippen LogP contribution in [0.25, 0.3) is 0 Å². The monoisotopic (exact) mass is 1210 g/mol. The Balaban J connectivity index is 0. The second-order valence-corrected chi connectivity index (χ2v) is 24.9. The van der Waals surface area contributed by atoms with Crippen molar-refractivity contribution in [2.24, 2.45) is 0 Å². The van der Waals surface area contributed by atoms with E-state index in [-0.39, 0.29) is 26.3 Å². The molecule has 0 fully saturated rings. The first-order chi connectivity index (χ1) is 29.3. The number of hydrogen-bond acceptors (Lipinski definition) is 10. The molecule has 0 atom stereocenters. The minimum atomic E-state index is -6.85. The molecule has 0 heterocycles. The normalized spacial score (nSPS) is 11.7. The van der Waals surface area contributed by atoms with Gasteiger partial charge in [0.05, 0.1) is 0 Å². The second kappa shape index (κ2) is 26.0. The molecule has 66 heavy (non-hydrogen) atoms. The summed E-state index contributed by atoms with van der Waals surface area (Å²) in [6, 6.07) is 12.8. The van der Waals surface area contributed by atoms with Gasteiger partial charge in [0.15, 0.2) is 0 Å². The van der Waals surface area contributed by atoms with Gasteiger partial charge in [0.25, 0.3) is 0 Å². The number of rotatable bonds is 4. The van der Waals surface area contributed by atoms with E-state index in [0.717, 1.165) is 33.4 Å². The van der Waals surface area contributed by atoms with Gasteiger partial charge in [-0.15, -0.1) is 50.9 Å². The summed E-state index contributed by atoms with van der Waals surface area (Å²) < 4.78 is 198. The SMILES string of the molecule is BrB(Br)Br.Cc1cc(C)c(F)cc1C.Cc1cc(C)c(O)cc1C.Cc1cc(C)c(OS(=O)(=O)C(F)(F)F)cc1C.Cc1cc(F)c(C)cc1O.O=S(=O)(OS(=O)(=O)C(F)(F)F)C(F)(F)F. The number of hydrogen-bond donors (Lipinski definition) is 2. The van der Waals surface area contributed by atoms with Gasteiger partial charge in [-0.2, -0.15) is 64.8 Å². The molecule has 4 rings (SSSR count). The number of aromatic hydroxyl groups is 2. The van der Waals surface area contributed by atoms with Gasteiger partial charge in [0, 0.05) is 0 Å². The van der Waals surface area contributed by atoms with E-state index in [4.69, 9.17) is 5.11 Å². The third-order valence-electron chi connectivity index (χ3n) is 8.08. The van der Waals surface area contributed by atoms with E-state index < -0.39 is 46.9 Å². The van der Waals surface area contributed by atoms with Crippen LogP contribution >= 0.6 is 47.3 Å². The van der Waals surface area contributed by atoms with Crippen LogP contribution in [0.4, 0.5) is 48.3 Å². The summed E-state index contributed by atoms with van der Waals surface area (Å²) >= 11 is 9.31. The summed E-state index contributed by atoms with van der Waals surface area (Å²) in [4.78, 5) is 0. The topological polar surface area (TPSA) is 161 Å². The molecule has 0 aliphatic carbocycles. The number of aryl methyl sites for hydroxylation is 11. The first-order valence-electron chi connectivity index (χ1n) is 17.6. The lowest BCUT2D eigenvalue weighted by atomic mass is 10.1. The zero-order chi connectivity index (χ0) is 52.9. The van der Waals surface area contributed by atoms with Crippen LogP contribution in [0.1, 0.15) is 61.2 Å². The van der Waals surface area contributed by atoms with E-state index in [1.807, 2.05) is 50.4 Å². The molecule has 4 aromatic carbocycles. The first-order valence-corrected chi connectivity index (χ1v) is 24.6. The second-order valence-electron chi connectivity index (χ2n) is 13.6. The Morgan fingerprint density at radius 1 is 0.409 bits per heavy atom. The zero-order valence-corrected chi connectivity index (χ0v) is 43.6. The van der Waals surface area contributed by atoms with Crippen molar-refractivity contribution >= 4 is 80.8 Å².